The molecule has 6 heteroatoms. The number of hydrogen-bond acceptors (Lipinski definition) is 4. The van der Waals surface area contributed by atoms with Crippen molar-refractivity contribution in [3.63, 3.8) is 0 Å². The fourth-order valence-electron chi connectivity index (χ4n) is 2.60. The SMILES string of the molecule is CCN(CC(=O)NC(C)C)C(=O)CN(C)CC1CC(O)C1. The Morgan fingerprint density at radius 1 is 1.29 bits per heavy atom. The van der Waals surface area contributed by atoms with Crippen molar-refractivity contribution in [3.8, 4) is 0 Å². The van der Waals surface area contributed by atoms with Gasteiger partial charge in [-0.1, -0.05) is 0 Å². The summed E-state index contributed by atoms with van der Waals surface area (Å²) >= 11 is 0. The first-order chi connectivity index (χ1) is 9.81. The second kappa shape index (κ2) is 8.34. The lowest BCUT2D eigenvalue weighted by atomic mass is 9.82. The van der Waals surface area contributed by atoms with Crippen LogP contribution in [0.25, 0.3) is 0 Å². The average Bonchev–Trinajstić information content (AvgIpc) is 2.32. The Morgan fingerprint density at radius 3 is 2.38 bits per heavy atom. The van der Waals surface area contributed by atoms with Gasteiger partial charge in [0.25, 0.3) is 0 Å². The number of amides is 2. The lowest BCUT2D eigenvalue weighted by Crippen LogP contribution is -2.47. The molecule has 21 heavy (non-hydrogen) atoms. The van der Waals surface area contributed by atoms with Crippen LogP contribution in [0.2, 0.25) is 0 Å². The van der Waals surface area contributed by atoms with E-state index in [4.69, 9.17) is 0 Å². The predicted molar refractivity (Wildman–Crippen MR) is 81.8 cm³/mol. The quantitative estimate of drug-likeness (QED) is 0.665. The molecule has 0 bridgehead atoms. The minimum absolute atomic E-state index is 0.0289. The van der Waals surface area contributed by atoms with Gasteiger partial charge in [0, 0.05) is 19.1 Å². The summed E-state index contributed by atoms with van der Waals surface area (Å²) in [5.74, 6) is 0.334. The van der Waals surface area contributed by atoms with Crippen molar-refractivity contribution in [2.45, 2.75) is 45.8 Å². The molecular weight excluding hydrogens is 270 g/mol. The molecule has 0 heterocycles. The minimum Gasteiger partial charge on any atom is -0.393 e. The molecule has 0 aliphatic heterocycles. The summed E-state index contributed by atoms with van der Waals surface area (Å²) in [6.07, 6.45) is 1.49. The molecule has 2 amide bonds. The first kappa shape index (κ1) is 17.9. The van der Waals surface area contributed by atoms with Crippen molar-refractivity contribution < 1.29 is 14.7 Å². The minimum atomic E-state index is -0.161. The molecule has 0 unspecified atom stereocenters. The molecule has 0 radical (unpaired) electrons. The van der Waals surface area contributed by atoms with Crippen LogP contribution in [0.15, 0.2) is 0 Å². The van der Waals surface area contributed by atoms with Crippen LogP contribution in [-0.4, -0.2) is 72.1 Å². The largest absolute Gasteiger partial charge is 0.393 e. The fraction of sp³-hybridized carbons (Fsp3) is 0.867. The predicted octanol–water partition coefficient (Wildman–Crippen LogP) is 0.0622. The van der Waals surface area contributed by atoms with E-state index in [1.165, 1.54) is 0 Å². The highest BCUT2D eigenvalue weighted by molar-refractivity contribution is 5.85. The number of carbonyl (C=O) groups is 2. The third kappa shape index (κ3) is 6.44. The molecule has 0 spiro atoms. The van der Waals surface area contributed by atoms with Crippen LogP contribution in [0.5, 0.6) is 0 Å². The third-order valence-corrected chi connectivity index (χ3v) is 3.70. The van der Waals surface area contributed by atoms with Gasteiger partial charge < -0.3 is 15.3 Å². The summed E-state index contributed by atoms with van der Waals surface area (Å²) in [6.45, 7) is 7.45. The Morgan fingerprint density at radius 2 is 1.90 bits per heavy atom. The maximum absolute atomic E-state index is 12.2. The van der Waals surface area contributed by atoms with Gasteiger partial charge in [-0.2, -0.15) is 0 Å². The Bertz CT molecular complexity index is 354. The van der Waals surface area contributed by atoms with Crippen molar-refractivity contribution in [1.82, 2.24) is 15.1 Å². The standard InChI is InChI=1S/C15H29N3O3/c1-5-18(9-14(20)16-11(2)3)15(21)10-17(4)8-12-6-13(19)7-12/h11-13,19H,5-10H2,1-4H3,(H,16,20). The van der Waals surface area contributed by atoms with Gasteiger partial charge in [0.15, 0.2) is 0 Å². The van der Waals surface area contributed by atoms with Crippen LogP contribution < -0.4 is 5.32 Å². The van der Waals surface area contributed by atoms with Crippen LogP contribution >= 0.6 is 0 Å². The molecule has 122 valence electrons. The van der Waals surface area contributed by atoms with E-state index in [1.54, 1.807) is 4.90 Å². The van der Waals surface area contributed by atoms with Crippen molar-refractivity contribution in [3.05, 3.63) is 0 Å². The number of likely N-dealkylation sites (N-methyl/N-ethyl adjacent to an activating group) is 2. The molecule has 6 nitrogen and oxygen atoms in total. The second-order valence-electron chi connectivity index (χ2n) is 6.32. The molecule has 0 saturated heterocycles. The summed E-state index contributed by atoms with van der Waals surface area (Å²) < 4.78 is 0. The number of hydrogen-bond donors (Lipinski definition) is 2. The van der Waals surface area contributed by atoms with Crippen LogP contribution in [-0.2, 0) is 9.59 Å². The smallest absolute Gasteiger partial charge is 0.239 e. The van der Waals surface area contributed by atoms with E-state index in [2.05, 4.69) is 5.32 Å². The summed E-state index contributed by atoms with van der Waals surface area (Å²) in [7, 11) is 1.91. The number of aliphatic hydroxyl groups excluding tert-OH is 1. The third-order valence-electron chi connectivity index (χ3n) is 3.70. The first-order valence-electron chi connectivity index (χ1n) is 7.75. The highest BCUT2D eigenvalue weighted by Gasteiger charge is 2.28. The zero-order valence-electron chi connectivity index (χ0n) is 13.6. The fourth-order valence-corrected chi connectivity index (χ4v) is 2.60. The second-order valence-corrected chi connectivity index (χ2v) is 6.32. The molecule has 0 aromatic carbocycles. The van der Waals surface area contributed by atoms with E-state index in [1.807, 2.05) is 32.7 Å². The van der Waals surface area contributed by atoms with Crippen LogP contribution in [0.4, 0.5) is 0 Å². The highest BCUT2D eigenvalue weighted by atomic mass is 16.3. The maximum atomic E-state index is 12.2. The van der Waals surface area contributed by atoms with E-state index in [0.717, 1.165) is 19.4 Å². The van der Waals surface area contributed by atoms with Crippen molar-refractivity contribution in [1.29, 1.82) is 0 Å². The van der Waals surface area contributed by atoms with Gasteiger partial charge in [0.05, 0.1) is 19.2 Å². The lowest BCUT2D eigenvalue weighted by Gasteiger charge is -2.34. The van der Waals surface area contributed by atoms with Gasteiger partial charge in [-0.15, -0.1) is 0 Å². The Labute approximate surface area is 127 Å². The number of nitrogens with one attached hydrogen (secondary N) is 1. The Hall–Kier alpha value is -1.14. The zero-order valence-corrected chi connectivity index (χ0v) is 13.6. The van der Waals surface area contributed by atoms with Crippen LogP contribution in [0.3, 0.4) is 0 Å². The molecule has 2 N–H and O–H groups in total. The number of nitrogens with zero attached hydrogens (tertiary/aromatic N) is 2. The summed E-state index contributed by atoms with van der Waals surface area (Å²) in [5, 5.41) is 12.1. The first-order valence-corrected chi connectivity index (χ1v) is 7.75. The maximum Gasteiger partial charge on any atom is 0.239 e. The highest BCUT2D eigenvalue weighted by Crippen LogP contribution is 2.27. The van der Waals surface area contributed by atoms with Gasteiger partial charge >= 0.3 is 0 Å². The molecule has 0 aromatic rings. The van der Waals surface area contributed by atoms with Gasteiger partial charge in [-0.25, -0.2) is 0 Å². The van der Waals surface area contributed by atoms with E-state index < -0.39 is 0 Å². The average molecular weight is 299 g/mol. The number of rotatable bonds is 8. The summed E-state index contributed by atoms with van der Waals surface area (Å²) in [4.78, 5) is 27.5. The molecule has 1 rings (SSSR count). The lowest BCUT2D eigenvalue weighted by molar-refractivity contribution is -0.137. The van der Waals surface area contributed by atoms with E-state index >= 15 is 0 Å². The number of carbonyl (C=O) groups excluding carboxylic acids is 2. The van der Waals surface area contributed by atoms with E-state index in [0.29, 0.717) is 19.0 Å². The van der Waals surface area contributed by atoms with E-state index in [9.17, 15) is 14.7 Å². The zero-order chi connectivity index (χ0) is 16.0. The molecular formula is C15H29N3O3. The number of aliphatic hydroxyl groups is 1. The van der Waals surface area contributed by atoms with E-state index in [-0.39, 0.29) is 30.5 Å². The molecule has 1 aliphatic carbocycles. The molecule has 0 aromatic heterocycles. The summed E-state index contributed by atoms with van der Waals surface area (Å²) in [6, 6.07) is 0.0824. The summed E-state index contributed by atoms with van der Waals surface area (Å²) in [5.41, 5.74) is 0. The Balaban J connectivity index is 2.34. The molecule has 1 aliphatic rings. The molecule has 1 saturated carbocycles. The molecule has 0 atom stereocenters. The van der Waals surface area contributed by atoms with Crippen molar-refractivity contribution in [2.75, 3.05) is 33.2 Å². The van der Waals surface area contributed by atoms with Gasteiger partial charge in [0.2, 0.25) is 11.8 Å². The van der Waals surface area contributed by atoms with Crippen LogP contribution in [0, 0.1) is 5.92 Å². The van der Waals surface area contributed by atoms with Gasteiger partial charge in [-0.05, 0) is 46.6 Å². The van der Waals surface area contributed by atoms with Gasteiger partial charge in [0.1, 0.15) is 0 Å². The normalized spacial score (nSPS) is 21.3. The van der Waals surface area contributed by atoms with Crippen LogP contribution in [0.1, 0.15) is 33.6 Å². The molecule has 1 fully saturated rings. The van der Waals surface area contributed by atoms with Gasteiger partial charge in [-0.3, -0.25) is 14.5 Å². The van der Waals surface area contributed by atoms with Crippen molar-refractivity contribution >= 4 is 11.8 Å². The topological polar surface area (TPSA) is 72.9 Å². The Kier molecular flexibility index (Phi) is 7.11. The van der Waals surface area contributed by atoms with Crippen molar-refractivity contribution in [2.24, 2.45) is 5.92 Å². The monoisotopic (exact) mass is 299 g/mol.